The SMILES string of the molecule is c1ccc(-c2cc(-c3ccc(-c4cccc5c6cc7c(cc6n(-c6ccccc6)c45)c(-c4ccccc4)nc4ccccc47)cc3)nc(-c3ccccc3)n2)cc1. The molecule has 0 N–H and O–H groups in total. The molecule has 11 rings (SSSR count). The molecular formula is C53H34N4. The second-order valence-corrected chi connectivity index (χ2v) is 14.4. The molecule has 0 bridgehead atoms. The Morgan fingerprint density at radius 2 is 0.895 bits per heavy atom. The number of fused-ring (bicyclic) bond motifs is 6. The van der Waals surface area contributed by atoms with Crippen molar-refractivity contribution in [2.45, 2.75) is 0 Å². The number of pyridine rings is 1. The maximum absolute atomic E-state index is 5.26. The molecule has 266 valence electrons. The van der Waals surface area contributed by atoms with E-state index in [-0.39, 0.29) is 0 Å². The van der Waals surface area contributed by atoms with Gasteiger partial charge in [-0.15, -0.1) is 0 Å². The number of aromatic nitrogens is 4. The van der Waals surface area contributed by atoms with Crippen molar-refractivity contribution in [3.05, 3.63) is 206 Å². The van der Waals surface area contributed by atoms with Crippen molar-refractivity contribution in [3.63, 3.8) is 0 Å². The molecule has 4 heteroatoms. The number of rotatable bonds is 6. The molecule has 0 unspecified atom stereocenters. The molecule has 0 radical (unpaired) electrons. The van der Waals surface area contributed by atoms with Gasteiger partial charge in [0.05, 0.1) is 33.6 Å². The van der Waals surface area contributed by atoms with Gasteiger partial charge in [0, 0.05) is 55.0 Å². The molecule has 3 heterocycles. The smallest absolute Gasteiger partial charge is 0.160 e. The summed E-state index contributed by atoms with van der Waals surface area (Å²) in [5.41, 5.74) is 13.6. The van der Waals surface area contributed by atoms with Gasteiger partial charge in [0.2, 0.25) is 0 Å². The van der Waals surface area contributed by atoms with E-state index in [1.54, 1.807) is 0 Å². The van der Waals surface area contributed by atoms with E-state index < -0.39 is 0 Å². The number of nitrogens with zero attached hydrogens (tertiary/aromatic N) is 4. The summed E-state index contributed by atoms with van der Waals surface area (Å²) in [7, 11) is 0. The van der Waals surface area contributed by atoms with E-state index in [4.69, 9.17) is 15.0 Å². The second kappa shape index (κ2) is 13.6. The molecule has 0 saturated carbocycles. The first-order valence-electron chi connectivity index (χ1n) is 19.3. The lowest BCUT2D eigenvalue weighted by Crippen LogP contribution is -1.96. The molecule has 0 aliphatic carbocycles. The topological polar surface area (TPSA) is 43.6 Å². The predicted molar refractivity (Wildman–Crippen MR) is 236 cm³/mol. The third kappa shape index (κ3) is 5.66. The molecule has 0 fully saturated rings. The molecule has 0 saturated heterocycles. The van der Waals surface area contributed by atoms with Crippen LogP contribution in [-0.2, 0) is 0 Å². The minimum Gasteiger partial charge on any atom is -0.309 e. The maximum Gasteiger partial charge on any atom is 0.160 e. The molecule has 0 spiro atoms. The first kappa shape index (κ1) is 32.7. The Morgan fingerprint density at radius 3 is 1.60 bits per heavy atom. The van der Waals surface area contributed by atoms with E-state index in [1.165, 1.54) is 21.7 Å². The van der Waals surface area contributed by atoms with Gasteiger partial charge in [-0.3, -0.25) is 0 Å². The van der Waals surface area contributed by atoms with Crippen LogP contribution in [0.1, 0.15) is 0 Å². The zero-order valence-electron chi connectivity index (χ0n) is 30.9. The van der Waals surface area contributed by atoms with Gasteiger partial charge in [0.1, 0.15) is 0 Å². The van der Waals surface area contributed by atoms with E-state index in [2.05, 4.69) is 174 Å². The third-order valence-electron chi connectivity index (χ3n) is 11.0. The summed E-state index contributed by atoms with van der Waals surface area (Å²) in [6.45, 7) is 0. The van der Waals surface area contributed by atoms with E-state index in [1.807, 2.05) is 36.4 Å². The lowest BCUT2D eigenvalue weighted by Gasteiger charge is -2.14. The van der Waals surface area contributed by atoms with Crippen molar-refractivity contribution in [1.82, 2.24) is 19.5 Å². The Morgan fingerprint density at radius 1 is 0.333 bits per heavy atom. The zero-order valence-corrected chi connectivity index (χ0v) is 30.9. The molecule has 11 aromatic rings. The van der Waals surface area contributed by atoms with Crippen molar-refractivity contribution in [2.24, 2.45) is 0 Å². The summed E-state index contributed by atoms with van der Waals surface area (Å²) in [6.07, 6.45) is 0. The van der Waals surface area contributed by atoms with Crippen LogP contribution in [0.25, 0.3) is 105 Å². The van der Waals surface area contributed by atoms with E-state index in [0.29, 0.717) is 5.82 Å². The van der Waals surface area contributed by atoms with Crippen LogP contribution >= 0.6 is 0 Å². The van der Waals surface area contributed by atoms with Crippen molar-refractivity contribution >= 4 is 43.5 Å². The molecular weight excluding hydrogens is 693 g/mol. The maximum atomic E-state index is 5.26. The average Bonchev–Trinajstić information content (AvgIpc) is 3.62. The lowest BCUT2D eigenvalue weighted by atomic mass is 9.97. The predicted octanol–water partition coefficient (Wildman–Crippen LogP) is 13.6. The van der Waals surface area contributed by atoms with Gasteiger partial charge in [-0.2, -0.15) is 0 Å². The zero-order chi connectivity index (χ0) is 37.7. The van der Waals surface area contributed by atoms with Crippen LogP contribution in [0.4, 0.5) is 0 Å². The van der Waals surface area contributed by atoms with E-state index in [9.17, 15) is 0 Å². The Kier molecular flexibility index (Phi) is 7.78. The van der Waals surface area contributed by atoms with Crippen LogP contribution < -0.4 is 0 Å². The standard InChI is InChI=1S/C53H34N4/c1-5-16-36(17-6-1)48-34-49(56-53(55-48)39-20-9-3-10-21-39)37-30-28-35(29-31-37)41-25-15-26-43-45-32-44-42-24-13-14-27-47(42)54-51(38-18-7-2-8-19-38)46(44)33-50(45)57(52(41)43)40-22-11-4-12-23-40/h1-34H. The molecule has 0 atom stereocenters. The Labute approximate surface area is 330 Å². The van der Waals surface area contributed by atoms with Gasteiger partial charge < -0.3 is 4.57 Å². The van der Waals surface area contributed by atoms with Crippen LogP contribution in [-0.4, -0.2) is 19.5 Å². The van der Waals surface area contributed by atoms with Crippen LogP contribution in [0.3, 0.4) is 0 Å². The number of para-hydroxylation sites is 3. The van der Waals surface area contributed by atoms with Gasteiger partial charge in [-0.1, -0.05) is 170 Å². The second-order valence-electron chi connectivity index (χ2n) is 14.4. The van der Waals surface area contributed by atoms with Crippen LogP contribution in [0.15, 0.2) is 206 Å². The first-order valence-corrected chi connectivity index (χ1v) is 19.3. The monoisotopic (exact) mass is 726 g/mol. The summed E-state index contributed by atoms with van der Waals surface area (Å²) in [5.74, 6) is 0.707. The minimum atomic E-state index is 0.707. The van der Waals surface area contributed by atoms with Crippen molar-refractivity contribution in [3.8, 4) is 62.0 Å². The minimum absolute atomic E-state index is 0.707. The van der Waals surface area contributed by atoms with Crippen molar-refractivity contribution in [1.29, 1.82) is 0 Å². The molecule has 3 aromatic heterocycles. The molecule has 8 aromatic carbocycles. The van der Waals surface area contributed by atoms with Gasteiger partial charge in [-0.25, -0.2) is 15.0 Å². The van der Waals surface area contributed by atoms with E-state index in [0.717, 1.165) is 78.0 Å². The fourth-order valence-electron chi connectivity index (χ4n) is 8.29. The van der Waals surface area contributed by atoms with Crippen molar-refractivity contribution in [2.75, 3.05) is 0 Å². The summed E-state index contributed by atoms with van der Waals surface area (Å²) in [6, 6.07) is 72.6. The Bertz CT molecular complexity index is 3190. The third-order valence-corrected chi connectivity index (χ3v) is 11.0. The quantitative estimate of drug-likeness (QED) is 0.160. The highest BCUT2D eigenvalue weighted by Gasteiger charge is 2.20. The first-order chi connectivity index (χ1) is 28.3. The number of benzene rings is 8. The lowest BCUT2D eigenvalue weighted by molar-refractivity contribution is 1.18. The fourth-order valence-corrected chi connectivity index (χ4v) is 8.29. The van der Waals surface area contributed by atoms with Gasteiger partial charge >= 0.3 is 0 Å². The van der Waals surface area contributed by atoms with Crippen molar-refractivity contribution < 1.29 is 0 Å². The number of hydrogen-bond donors (Lipinski definition) is 0. The van der Waals surface area contributed by atoms with E-state index >= 15 is 0 Å². The van der Waals surface area contributed by atoms with Gasteiger partial charge in [0.15, 0.2) is 5.82 Å². The van der Waals surface area contributed by atoms with Gasteiger partial charge in [-0.05, 0) is 47.3 Å². The summed E-state index contributed by atoms with van der Waals surface area (Å²) >= 11 is 0. The Balaban J connectivity index is 1.13. The highest BCUT2D eigenvalue weighted by atomic mass is 15.0. The summed E-state index contributed by atoms with van der Waals surface area (Å²) in [4.78, 5) is 15.4. The normalized spacial score (nSPS) is 11.5. The largest absolute Gasteiger partial charge is 0.309 e. The van der Waals surface area contributed by atoms with Crippen LogP contribution in [0.2, 0.25) is 0 Å². The summed E-state index contributed by atoms with van der Waals surface area (Å²) < 4.78 is 2.43. The number of hydrogen-bond acceptors (Lipinski definition) is 3. The van der Waals surface area contributed by atoms with Crippen LogP contribution in [0, 0.1) is 0 Å². The highest BCUT2D eigenvalue weighted by molar-refractivity contribution is 6.21. The highest BCUT2D eigenvalue weighted by Crippen LogP contribution is 2.43. The molecule has 0 amide bonds. The Hall–Kier alpha value is -7.69. The summed E-state index contributed by atoms with van der Waals surface area (Å²) in [5, 5.41) is 5.89. The van der Waals surface area contributed by atoms with Crippen LogP contribution in [0.5, 0.6) is 0 Å². The van der Waals surface area contributed by atoms with Gasteiger partial charge in [0.25, 0.3) is 0 Å². The average molecular weight is 727 g/mol. The molecule has 57 heavy (non-hydrogen) atoms. The molecule has 0 aliphatic heterocycles. The molecule has 4 nitrogen and oxygen atoms in total. The fraction of sp³-hybridized carbons (Fsp3) is 0. The molecule has 0 aliphatic rings.